The molecule has 3 rings (SSSR count). The van der Waals surface area contributed by atoms with Gasteiger partial charge < -0.3 is 14.2 Å². The molecule has 224 valence electrons. The number of hydrogen-bond acceptors (Lipinski definition) is 8. The summed E-state index contributed by atoms with van der Waals surface area (Å²) in [7, 11) is -5.82. The third kappa shape index (κ3) is 9.74. The number of esters is 3. The fraction of sp³-hybridized carbons (Fsp3) is 0.348. The van der Waals surface area contributed by atoms with Crippen LogP contribution in [-0.2, 0) is 29.1 Å². The molecule has 2 aromatic carbocycles. The summed E-state index contributed by atoms with van der Waals surface area (Å²) in [5.74, 6) is -3.77. The van der Waals surface area contributed by atoms with Crippen LogP contribution in [0.3, 0.4) is 0 Å². The second kappa shape index (κ2) is 15.1. The number of hydrogen-bond donors (Lipinski definition) is 1. The molecule has 0 heterocycles. The fourth-order valence-electron chi connectivity index (χ4n) is 3.79. The van der Waals surface area contributed by atoms with Crippen molar-refractivity contribution in [3.63, 3.8) is 0 Å². The van der Waals surface area contributed by atoms with E-state index in [1.165, 1.54) is 0 Å². The number of ether oxygens (including phenoxy) is 3. The molecule has 1 fully saturated rings. The largest absolute Gasteiger partial charge is 0.459 e. The first kappa shape index (κ1) is 36.5. The Kier molecular flexibility index (Phi) is 13.4. The third-order valence-electron chi connectivity index (χ3n) is 5.69. The summed E-state index contributed by atoms with van der Waals surface area (Å²) < 4.78 is 78.3. The number of benzene rings is 2. The molecule has 0 aliphatic heterocycles. The van der Waals surface area contributed by atoms with Crippen molar-refractivity contribution in [2.75, 3.05) is 6.61 Å². The molecular formula is C23H16F2I6O9S. The first-order chi connectivity index (χ1) is 18.9. The Hall–Kier alpha value is 1.00. The van der Waals surface area contributed by atoms with Gasteiger partial charge in [0.05, 0.1) is 17.0 Å². The topological polar surface area (TPSA) is 133 Å². The molecule has 1 N–H and O–H groups in total. The maximum absolute atomic E-state index is 13.7. The van der Waals surface area contributed by atoms with E-state index in [1.807, 2.05) is 57.3 Å². The molecule has 0 radical (unpaired) electrons. The number of carbonyl (C=O) groups excluding carboxylic acids is 3. The SMILES string of the molecule is O=C(OC1CC(OC(=O)c2cc(I)cc(I)c2I)CC(C(=O)OCC(F)(F)S(=O)(=O)O)C1)c1cc(I)cc(I)c1I. The fourth-order valence-corrected chi connectivity index (χ4v) is 8.75. The molecule has 1 saturated carbocycles. The average molecular weight is 1270 g/mol. The molecule has 1 aliphatic rings. The van der Waals surface area contributed by atoms with Crippen molar-refractivity contribution in [3.05, 3.63) is 56.8 Å². The van der Waals surface area contributed by atoms with E-state index in [2.05, 4.69) is 95.1 Å². The summed E-state index contributed by atoms with van der Waals surface area (Å²) in [5, 5.41) is -4.72. The Balaban J connectivity index is 1.84. The number of alkyl halides is 2. The van der Waals surface area contributed by atoms with Crippen LogP contribution in [0.2, 0.25) is 0 Å². The smallest absolute Gasteiger partial charge is 0.402 e. The van der Waals surface area contributed by atoms with Crippen LogP contribution in [0, 0.1) is 27.3 Å². The standard InChI is InChI=1S/C23H16F2I6O9S/c24-23(25,41(35,36)37)8-38-20(32)9-1-12(39-21(33)14-3-10(26)5-16(28)18(14)30)7-13(2-9)40-22(34)15-4-11(27)6-17(29)19(15)31/h3-6,9,12-13H,1-2,7-8H2,(H,35,36,37). The van der Waals surface area contributed by atoms with Gasteiger partial charge in [-0.1, -0.05) is 0 Å². The lowest BCUT2D eigenvalue weighted by Gasteiger charge is -2.33. The minimum Gasteiger partial charge on any atom is -0.459 e. The van der Waals surface area contributed by atoms with Crippen LogP contribution in [0.15, 0.2) is 24.3 Å². The quantitative estimate of drug-likeness (QED) is 0.0988. The molecule has 0 aromatic heterocycles. The zero-order valence-electron chi connectivity index (χ0n) is 20.0. The predicted octanol–water partition coefficient (Wildman–Crippen LogP) is 6.89. The zero-order chi connectivity index (χ0) is 30.9. The number of rotatable bonds is 8. The third-order valence-corrected chi connectivity index (χ3v) is 13.9. The van der Waals surface area contributed by atoms with Crippen LogP contribution in [0.5, 0.6) is 0 Å². The molecule has 0 saturated heterocycles. The van der Waals surface area contributed by atoms with Gasteiger partial charge in [0.2, 0.25) is 0 Å². The van der Waals surface area contributed by atoms with E-state index in [0.717, 1.165) is 14.3 Å². The highest BCUT2D eigenvalue weighted by Crippen LogP contribution is 2.33. The van der Waals surface area contributed by atoms with Crippen molar-refractivity contribution in [2.45, 2.75) is 36.7 Å². The summed E-state index contributed by atoms with van der Waals surface area (Å²) in [5.41, 5.74) is 0.576. The Bertz CT molecular complexity index is 1410. The maximum Gasteiger partial charge on any atom is 0.402 e. The zero-order valence-corrected chi connectivity index (χ0v) is 33.8. The van der Waals surface area contributed by atoms with Gasteiger partial charge >= 0.3 is 33.3 Å². The van der Waals surface area contributed by atoms with Crippen LogP contribution >= 0.6 is 136 Å². The Morgan fingerprint density at radius 2 is 1.22 bits per heavy atom. The molecular weight excluding hydrogens is 1250 g/mol. The molecule has 18 heteroatoms. The van der Waals surface area contributed by atoms with Crippen LogP contribution in [0.25, 0.3) is 0 Å². The molecule has 41 heavy (non-hydrogen) atoms. The van der Waals surface area contributed by atoms with Crippen molar-refractivity contribution in [2.24, 2.45) is 5.92 Å². The molecule has 1 aliphatic carbocycles. The summed E-state index contributed by atoms with van der Waals surface area (Å²) in [6, 6.07) is 7.02. The van der Waals surface area contributed by atoms with E-state index in [-0.39, 0.29) is 30.4 Å². The molecule has 2 atom stereocenters. The lowest BCUT2D eigenvalue weighted by Crippen LogP contribution is -2.41. The normalized spacial score (nSPS) is 19.4. The minimum atomic E-state index is -5.82. The summed E-state index contributed by atoms with van der Waals surface area (Å²) >= 11 is 12.3. The first-order valence-electron chi connectivity index (χ1n) is 11.1. The summed E-state index contributed by atoms with van der Waals surface area (Å²) in [6.45, 7) is -1.91. The van der Waals surface area contributed by atoms with E-state index in [4.69, 9.17) is 14.0 Å². The number of carbonyl (C=O) groups is 3. The second-order valence-corrected chi connectivity index (χ2v) is 17.2. The van der Waals surface area contributed by atoms with E-state index < -0.39 is 58.0 Å². The van der Waals surface area contributed by atoms with Gasteiger partial charge in [-0.05, 0) is 173 Å². The van der Waals surface area contributed by atoms with Gasteiger partial charge in [0.15, 0.2) is 6.61 Å². The van der Waals surface area contributed by atoms with Crippen molar-refractivity contribution in [1.29, 1.82) is 0 Å². The lowest BCUT2D eigenvalue weighted by molar-refractivity contribution is -0.159. The highest BCUT2D eigenvalue weighted by Gasteiger charge is 2.47. The van der Waals surface area contributed by atoms with Crippen molar-refractivity contribution >= 4 is 164 Å². The highest BCUT2D eigenvalue weighted by atomic mass is 127. The van der Waals surface area contributed by atoms with Crippen molar-refractivity contribution < 1.29 is 50.3 Å². The number of halogens is 8. The van der Waals surface area contributed by atoms with E-state index in [0.29, 0.717) is 7.14 Å². The van der Waals surface area contributed by atoms with Crippen LogP contribution in [-0.4, -0.2) is 54.9 Å². The summed E-state index contributed by atoms with van der Waals surface area (Å²) in [4.78, 5) is 38.9. The lowest BCUT2D eigenvalue weighted by atomic mass is 9.85. The van der Waals surface area contributed by atoms with Gasteiger partial charge in [-0.2, -0.15) is 17.2 Å². The molecule has 0 amide bonds. The predicted molar refractivity (Wildman–Crippen MR) is 192 cm³/mol. The monoisotopic (exact) mass is 1270 g/mol. The molecule has 0 spiro atoms. The van der Waals surface area contributed by atoms with Gasteiger partial charge in [-0.3, -0.25) is 9.35 Å². The Labute approximate surface area is 315 Å². The van der Waals surface area contributed by atoms with Crippen molar-refractivity contribution in [3.8, 4) is 0 Å². The highest BCUT2D eigenvalue weighted by molar-refractivity contribution is 14.1. The molecule has 9 nitrogen and oxygen atoms in total. The van der Waals surface area contributed by atoms with Gasteiger partial charge in [-0.25, -0.2) is 9.59 Å². The van der Waals surface area contributed by atoms with E-state index >= 15 is 0 Å². The van der Waals surface area contributed by atoms with Crippen LogP contribution in [0.4, 0.5) is 8.78 Å². The first-order valence-corrected chi connectivity index (χ1v) is 19.0. The minimum absolute atomic E-state index is 0.0254. The molecule has 0 bridgehead atoms. The second-order valence-electron chi connectivity index (χ2n) is 8.68. The maximum atomic E-state index is 13.7. The van der Waals surface area contributed by atoms with Gasteiger partial charge in [0, 0.05) is 27.8 Å². The van der Waals surface area contributed by atoms with Crippen molar-refractivity contribution in [1.82, 2.24) is 0 Å². The average Bonchev–Trinajstić information content (AvgIpc) is 2.85. The van der Waals surface area contributed by atoms with Gasteiger partial charge in [0.25, 0.3) is 0 Å². The Morgan fingerprint density at radius 3 is 1.61 bits per heavy atom. The molecule has 2 unspecified atom stereocenters. The summed E-state index contributed by atoms with van der Waals surface area (Å²) in [6.07, 6.45) is -2.19. The van der Waals surface area contributed by atoms with Gasteiger partial charge in [-0.15, -0.1) is 0 Å². The Morgan fingerprint density at radius 1 is 0.805 bits per heavy atom. The van der Waals surface area contributed by atoms with Gasteiger partial charge in [0.1, 0.15) is 12.2 Å². The van der Waals surface area contributed by atoms with Crippen LogP contribution < -0.4 is 0 Å². The van der Waals surface area contributed by atoms with E-state index in [1.54, 1.807) is 12.1 Å². The molecule has 2 aromatic rings. The van der Waals surface area contributed by atoms with E-state index in [9.17, 15) is 31.6 Å². The van der Waals surface area contributed by atoms with Crippen LogP contribution in [0.1, 0.15) is 40.0 Å².